The Morgan fingerprint density at radius 2 is 1.91 bits per heavy atom. The minimum absolute atomic E-state index is 0.112. The lowest BCUT2D eigenvalue weighted by Gasteiger charge is -2.40. The number of fused-ring (bicyclic) bond motifs is 1. The molecule has 0 radical (unpaired) electrons. The number of para-hydroxylation sites is 1. The second-order valence-corrected chi connectivity index (χ2v) is 9.26. The smallest absolute Gasteiger partial charge is 0.274 e. The molecular formula is C24H22FN5O2S. The minimum atomic E-state index is -0.327. The third-order valence-electron chi connectivity index (χ3n) is 5.92. The van der Waals surface area contributed by atoms with Crippen LogP contribution in [0.2, 0.25) is 0 Å². The Labute approximate surface area is 193 Å². The van der Waals surface area contributed by atoms with Gasteiger partial charge >= 0.3 is 0 Å². The van der Waals surface area contributed by atoms with Crippen LogP contribution in [0.4, 0.5) is 4.39 Å². The molecule has 0 saturated carbocycles. The normalized spacial score (nSPS) is 15.5. The zero-order chi connectivity index (χ0) is 23.1. The van der Waals surface area contributed by atoms with Crippen molar-refractivity contribution in [1.29, 1.82) is 0 Å². The number of amides is 2. The number of benzene rings is 2. The van der Waals surface area contributed by atoms with Crippen molar-refractivity contribution >= 4 is 34.1 Å². The first kappa shape index (κ1) is 21.3. The quantitative estimate of drug-likeness (QED) is 0.488. The number of nitrogens with zero attached hydrogens (tertiary/aromatic N) is 4. The first-order valence-corrected chi connectivity index (χ1v) is 11.5. The van der Waals surface area contributed by atoms with Crippen LogP contribution in [0.3, 0.4) is 0 Å². The van der Waals surface area contributed by atoms with Gasteiger partial charge in [0.25, 0.3) is 11.8 Å². The average molecular weight is 464 g/mol. The highest BCUT2D eigenvalue weighted by molar-refractivity contribution is 7.15. The molecule has 2 aromatic heterocycles. The number of likely N-dealkylation sites (tertiary alicyclic amines) is 1. The van der Waals surface area contributed by atoms with Crippen LogP contribution in [-0.2, 0) is 7.05 Å². The highest BCUT2D eigenvalue weighted by atomic mass is 32.1. The van der Waals surface area contributed by atoms with Crippen molar-refractivity contribution in [3.05, 3.63) is 70.7 Å². The zero-order valence-electron chi connectivity index (χ0n) is 18.2. The Morgan fingerprint density at radius 1 is 1.15 bits per heavy atom. The van der Waals surface area contributed by atoms with Gasteiger partial charge in [0, 0.05) is 25.5 Å². The molecule has 5 rings (SSSR count). The molecule has 1 N–H and O–H groups in total. The predicted molar refractivity (Wildman–Crippen MR) is 125 cm³/mol. The number of hydrogen-bond acceptors (Lipinski definition) is 5. The fraction of sp³-hybridized carbons (Fsp3) is 0.250. The van der Waals surface area contributed by atoms with Crippen LogP contribution in [0.5, 0.6) is 0 Å². The molecule has 2 amide bonds. The van der Waals surface area contributed by atoms with Gasteiger partial charge in [-0.05, 0) is 37.1 Å². The summed E-state index contributed by atoms with van der Waals surface area (Å²) in [6, 6.07) is 13.5. The molecule has 1 aliphatic heterocycles. The molecule has 0 bridgehead atoms. The number of hydrogen-bond donors (Lipinski definition) is 1. The second kappa shape index (κ2) is 8.40. The Balaban J connectivity index is 1.30. The van der Waals surface area contributed by atoms with Crippen LogP contribution in [0.25, 0.3) is 21.3 Å². The summed E-state index contributed by atoms with van der Waals surface area (Å²) < 4.78 is 15.0. The van der Waals surface area contributed by atoms with Crippen molar-refractivity contribution in [1.82, 2.24) is 25.0 Å². The van der Waals surface area contributed by atoms with Gasteiger partial charge in [-0.2, -0.15) is 5.10 Å². The van der Waals surface area contributed by atoms with E-state index in [2.05, 4.69) is 15.4 Å². The van der Waals surface area contributed by atoms with Gasteiger partial charge in [0.15, 0.2) is 5.69 Å². The summed E-state index contributed by atoms with van der Waals surface area (Å²) in [7, 11) is 1.81. The van der Waals surface area contributed by atoms with E-state index in [0.29, 0.717) is 24.5 Å². The summed E-state index contributed by atoms with van der Waals surface area (Å²) in [6.07, 6.45) is 0.796. The SMILES string of the molecule is Cc1nc(C(=O)N2CCC2CNC(=O)c2nn(C)c3ccccc23)c(-c2ccc(F)cc2)s1. The number of aryl methyl sites for hydroxylation is 2. The zero-order valence-corrected chi connectivity index (χ0v) is 19.0. The van der Waals surface area contributed by atoms with Crippen LogP contribution in [0, 0.1) is 12.7 Å². The van der Waals surface area contributed by atoms with E-state index in [1.54, 1.807) is 28.8 Å². The van der Waals surface area contributed by atoms with Crippen molar-refractivity contribution in [3.8, 4) is 10.4 Å². The van der Waals surface area contributed by atoms with Gasteiger partial charge in [0.1, 0.15) is 11.5 Å². The Bertz CT molecular complexity index is 1360. The monoisotopic (exact) mass is 463 g/mol. The Kier molecular flexibility index (Phi) is 5.41. The van der Waals surface area contributed by atoms with Gasteiger partial charge in [-0.3, -0.25) is 14.3 Å². The maximum atomic E-state index is 13.3. The third-order valence-corrected chi connectivity index (χ3v) is 6.94. The summed E-state index contributed by atoms with van der Waals surface area (Å²) in [5.41, 5.74) is 2.39. The van der Waals surface area contributed by atoms with Gasteiger partial charge in [-0.15, -0.1) is 11.3 Å². The molecule has 1 aliphatic rings. The van der Waals surface area contributed by atoms with E-state index < -0.39 is 0 Å². The molecule has 0 spiro atoms. The maximum absolute atomic E-state index is 13.3. The second-order valence-electron chi connectivity index (χ2n) is 8.06. The minimum Gasteiger partial charge on any atom is -0.349 e. The molecule has 0 aliphatic carbocycles. The number of rotatable bonds is 5. The molecule has 168 valence electrons. The van der Waals surface area contributed by atoms with E-state index in [1.807, 2.05) is 31.2 Å². The molecule has 1 fully saturated rings. The molecule has 4 aromatic rings. The summed E-state index contributed by atoms with van der Waals surface area (Å²) in [5.74, 6) is -0.762. The number of aromatic nitrogens is 3. The van der Waals surface area contributed by atoms with Crippen LogP contribution >= 0.6 is 11.3 Å². The van der Waals surface area contributed by atoms with Crippen molar-refractivity contribution in [2.45, 2.75) is 19.4 Å². The van der Waals surface area contributed by atoms with E-state index in [1.165, 1.54) is 23.5 Å². The number of halogens is 1. The van der Waals surface area contributed by atoms with Gasteiger partial charge in [-0.1, -0.05) is 30.3 Å². The molecule has 3 heterocycles. The van der Waals surface area contributed by atoms with Gasteiger partial charge in [-0.25, -0.2) is 9.37 Å². The number of carbonyl (C=O) groups excluding carboxylic acids is 2. The third kappa shape index (κ3) is 3.89. The van der Waals surface area contributed by atoms with E-state index in [-0.39, 0.29) is 23.7 Å². The molecule has 1 saturated heterocycles. The van der Waals surface area contributed by atoms with Crippen molar-refractivity contribution in [2.75, 3.05) is 13.1 Å². The van der Waals surface area contributed by atoms with Crippen LogP contribution in [0.15, 0.2) is 48.5 Å². The summed E-state index contributed by atoms with van der Waals surface area (Å²) in [6.45, 7) is 2.79. The number of nitrogens with one attached hydrogen (secondary N) is 1. The summed E-state index contributed by atoms with van der Waals surface area (Å²) in [5, 5.41) is 8.85. The molecule has 7 nitrogen and oxygen atoms in total. The van der Waals surface area contributed by atoms with E-state index in [4.69, 9.17) is 0 Å². The van der Waals surface area contributed by atoms with Crippen LogP contribution in [0.1, 0.15) is 32.4 Å². The molecule has 2 aromatic carbocycles. The predicted octanol–water partition coefficient (Wildman–Crippen LogP) is 3.79. The molecule has 1 unspecified atom stereocenters. The van der Waals surface area contributed by atoms with E-state index in [9.17, 15) is 14.0 Å². The standard InChI is InChI=1S/C24H22FN5O2S/c1-14-27-21(22(33-14)15-7-9-16(25)10-8-15)24(32)30-12-11-17(30)13-26-23(31)20-18-5-3-4-6-19(18)29(2)28-20/h3-10,17H,11-13H2,1-2H3,(H,26,31). The average Bonchev–Trinajstić information content (AvgIpc) is 3.34. The Hall–Kier alpha value is -3.59. The van der Waals surface area contributed by atoms with Gasteiger partial charge in [0.05, 0.1) is 21.4 Å². The molecule has 1 atom stereocenters. The molecule has 9 heteroatoms. The van der Waals surface area contributed by atoms with Crippen molar-refractivity contribution < 1.29 is 14.0 Å². The Morgan fingerprint density at radius 3 is 2.64 bits per heavy atom. The highest BCUT2D eigenvalue weighted by Gasteiger charge is 2.35. The van der Waals surface area contributed by atoms with Crippen LogP contribution < -0.4 is 5.32 Å². The summed E-state index contributed by atoms with van der Waals surface area (Å²) in [4.78, 5) is 33.0. The first-order valence-electron chi connectivity index (χ1n) is 10.7. The van der Waals surface area contributed by atoms with Gasteiger partial charge < -0.3 is 10.2 Å². The van der Waals surface area contributed by atoms with E-state index in [0.717, 1.165) is 32.8 Å². The lowest BCUT2D eigenvalue weighted by molar-refractivity contribution is 0.0451. The first-order chi connectivity index (χ1) is 15.9. The highest BCUT2D eigenvalue weighted by Crippen LogP contribution is 2.33. The fourth-order valence-electron chi connectivity index (χ4n) is 4.10. The van der Waals surface area contributed by atoms with E-state index >= 15 is 0 Å². The van der Waals surface area contributed by atoms with Crippen molar-refractivity contribution in [3.63, 3.8) is 0 Å². The van der Waals surface area contributed by atoms with Gasteiger partial charge in [0.2, 0.25) is 0 Å². The maximum Gasteiger partial charge on any atom is 0.274 e. The van der Waals surface area contributed by atoms with Crippen LogP contribution in [-0.4, -0.2) is 50.6 Å². The molecular weight excluding hydrogens is 441 g/mol. The van der Waals surface area contributed by atoms with Crippen molar-refractivity contribution in [2.24, 2.45) is 7.05 Å². The summed E-state index contributed by atoms with van der Waals surface area (Å²) >= 11 is 1.41. The number of thiazole rings is 1. The lowest BCUT2D eigenvalue weighted by atomic mass is 10.0. The fourth-order valence-corrected chi connectivity index (χ4v) is 5.02. The lowest BCUT2D eigenvalue weighted by Crippen LogP contribution is -2.56. The number of carbonyl (C=O) groups is 2. The molecule has 33 heavy (non-hydrogen) atoms. The largest absolute Gasteiger partial charge is 0.349 e. The topological polar surface area (TPSA) is 80.1 Å².